The molecule has 0 saturated carbocycles. The second-order valence-electron chi connectivity index (χ2n) is 5.89. The third-order valence-electron chi connectivity index (χ3n) is 4.06. The van der Waals surface area contributed by atoms with Crippen LogP contribution in [0.1, 0.15) is 18.7 Å². The first-order valence-corrected chi connectivity index (χ1v) is 9.14. The number of thiophene rings is 1. The lowest BCUT2D eigenvalue weighted by atomic mass is 10.1. The first-order chi connectivity index (χ1) is 12.7. The van der Waals surface area contributed by atoms with Gasteiger partial charge in [-0.25, -0.2) is 0 Å². The molecule has 8 heteroatoms. The minimum atomic E-state index is -0.186. The van der Waals surface area contributed by atoms with Crippen molar-refractivity contribution < 1.29 is 14.1 Å². The zero-order valence-electron chi connectivity index (χ0n) is 13.8. The number of nitrogens with one attached hydrogen (secondary N) is 1. The number of nitrogens with zero attached hydrogens (tertiary/aromatic N) is 3. The molecule has 3 heterocycles. The number of para-hydroxylation sites is 2. The van der Waals surface area contributed by atoms with Crippen LogP contribution >= 0.6 is 11.3 Å². The summed E-state index contributed by atoms with van der Waals surface area (Å²) in [6.07, 6.45) is 1.40. The third kappa shape index (κ3) is 3.36. The lowest BCUT2D eigenvalue weighted by molar-refractivity contribution is -0.122. The number of fused-ring (bicyclic) bond motifs is 1. The number of hydrogen-bond donors (Lipinski definition) is 1. The molecule has 0 spiro atoms. The van der Waals surface area contributed by atoms with E-state index in [1.165, 1.54) is 4.90 Å². The zero-order chi connectivity index (χ0) is 17.9. The van der Waals surface area contributed by atoms with E-state index < -0.39 is 0 Å². The normalized spacial score (nSPS) is 13.4. The minimum absolute atomic E-state index is 0.0406. The van der Waals surface area contributed by atoms with Gasteiger partial charge in [-0.2, -0.15) is 4.98 Å². The lowest BCUT2D eigenvalue weighted by Gasteiger charge is -2.29. The largest absolute Gasteiger partial charge is 0.339 e. The standard InChI is InChI=1S/C18H16N4O3S/c23-15-11-22(13-6-2-1-5-12(13)19-15)17(24)9-3-8-16-20-18(21-25-16)14-7-4-10-26-14/h1-2,4-7,10H,3,8-9,11H2,(H,19,23). The second kappa shape index (κ2) is 7.09. The van der Waals surface area contributed by atoms with Gasteiger partial charge in [0.05, 0.1) is 16.3 Å². The molecule has 3 aromatic rings. The molecule has 7 nitrogen and oxygen atoms in total. The number of rotatable bonds is 5. The molecule has 0 bridgehead atoms. The predicted octanol–water partition coefficient (Wildman–Crippen LogP) is 3.11. The minimum Gasteiger partial charge on any atom is -0.339 e. The van der Waals surface area contributed by atoms with Crippen LogP contribution in [0, 0.1) is 0 Å². The van der Waals surface area contributed by atoms with Crippen LogP contribution in [0.2, 0.25) is 0 Å². The number of hydrogen-bond acceptors (Lipinski definition) is 6. The molecule has 2 amide bonds. The highest BCUT2D eigenvalue weighted by Gasteiger charge is 2.26. The first kappa shape index (κ1) is 16.5. The van der Waals surface area contributed by atoms with Crippen molar-refractivity contribution in [3.05, 3.63) is 47.7 Å². The molecular formula is C18H16N4O3S. The Labute approximate surface area is 153 Å². The molecular weight excluding hydrogens is 352 g/mol. The van der Waals surface area contributed by atoms with Gasteiger partial charge in [0.15, 0.2) is 0 Å². The van der Waals surface area contributed by atoms with Crippen molar-refractivity contribution in [2.45, 2.75) is 19.3 Å². The van der Waals surface area contributed by atoms with Gasteiger partial charge in [-0.15, -0.1) is 11.3 Å². The maximum Gasteiger partial charge on any atom is 0.244 e. The molecule has 1 aromatic carbocycles. The maximum atomic E-state index is 12.6. The van der Waals surface area contributed by atoms with E-state index in [-0.39, 0.29) is 18.4 Å². The number of aryl methyl sites for hydroxylation is 1. The summed E-state index contributed by atoms with van der Waals surface area (Å²) in [5.41, 5.74) is 1.39. The number of carbonyl (C=O) groups excluding carboxylic acids is 2. The molecule has 0 aliphatic carbocycles. The Kier molecular flexibility index (Phi) is 4.49. The van der Waals surface area contributed by atoms with Gasteiger partial charge < -0.3 is 14.7 Å². The summed E-state index contributed by atoms with van der Waals surface area (Å²) >= 11 is 1.55. The molecule has 4 rings (SSSR count). The van der Waals surface area contributed by atoms with Crippen molar-refractivity contribution in [3.8, 4) is 10.7 Å². The van der Waals surface area contributed by atoms with Crippen molar-refractivity contribution in [2.24, 2.45) is 0 Å². The SMILES string of the molecule is O=C1CN(C(=O)CCCc2nc(-c3cccs3)no2)c2ccccc2N1. The Bertz CT molecular complexity index is 936. The molecule has 132 valence electrons. The molecule has 26 heavy (non-hydrogen) atoms. The molecule has 0 saturated heterocycles. The van der Waals surface area contributed by atoms with E-state index in [1.807, 2.05) is 35.7 Å². The highest BCUT2D eigenvalue weighted by molar-refractivity contribution is 7.13. The van der Waals surface area contributed by atoms with Gasteiger partial charge in [0.2, 0.25) is 23.5 Å². The van der Waals surface area contributed by atoms with E-state index in [2.05, 4.69) is 15.5 Å². The van der Waals surface area contributed by atoms with Crippen LogP contribution in [0.4, 0.5) is 11.4 Å². The summed E-state index contributed by atoms with van der Waals surface area (Å²) < 4.78 is 5.25. The summed E-state index contributed by atoms with van der Waals surface area (Å²) in [6.45, 7) is 0.0406. The molecule has 0 unspecified atom stereocenters. The first-order valence-electron chi connectivity index (χ1n) is 8.26. The number of aromatic nitrogens is 2. The van der Waals surface area contributed by atoms with E-state index in [0.717, 1.165) is 10.6 Å². The van der Waals surface area contributed by atoms with Gasteiger partial charge in [-0.05, 0) is 30.0 Å². The lowest BCUT2D eigenvalue weighted by Crippen LogP contribution is -2.42. The van der Waals surface area contributed by atoms with Crippen LogP contribution in [0.15, 0.2) is 46.3 Å². The Hall–Kier alpha value is -3.00. The van der Waals surface area contributed by atoms with E-state index in [0.29, 0.717) is 36.7 Å². The summed E-state index contributed by atoms with van der Waals surface area (Å²) in [4.78, 5) is 31.2. The van der Waals surface area contributed by atoms with Gasteiger partial charge in [-0.3, -0.25) is 9.59 Å². The van der Waals surface area contributed by atoms with Crippen molar-refractivity contribution in [1.82, 2.24) is 10.1 Å². The zero-order valence-corrected chi connectivity index (χ0v) is 14.7. The molecule has 1 aliphatic rings. The van der Waals surface area contributed by atoms with Gasteiger partial charge in [0.25, 0.3) is 0 Å². The molecule has 0 fully saturated rings. The van der Waals surface area contributed by atoms with Crippen molar-refractivity contribution >= 4 is 34.5 Å². The van der Waals surface area contributed by atoms with Gasteiger partial charge >= 0.3 is 0 Å². The molecule has 0 radical (unpaired) electrons. The van der Waals surface area contributed by atoms with Crippen LogP contribution in [0.25, 0.3) is 10.7 Å². The monoisotopic (exact) mass is 368 g/mol. The van der Waals surface area contributed by atoms with Crippen LogP contribution < -0.4 is 10.2 Å². The van der Waals surface area contributed by atoms with Crippen molar-refractivity contribution in [2.75, 3.05) is 16.8 Å². The molecule has 1 N–H and O–H groups in total. The smallest absolute Gasteiger partial charge is 0.244 e. The fourth-order valence-electron chi connectivity index (χ4n) is 2.84. The topological polar surface area (TPSA) is 88.3 Å². The molecule has 1 aliphatic heterocycles. The highest BCUT2D eigenvalue weighted by Crippen LogP contribution is 2.29. The van der Waals surface area contributed by atoms with Crippen molar-refractivity contribution in [1.29, 1.82) is 0 Å². The van der Waals surface area contributed by atoms with Crippen molar-refractivity contribution in [3.63, 3.8) is 0 Å². The predicted molar refractivity (Wildman–Crippen MR) is 98.0 cm³/mol. The van der Waals surface area contributed by atoms with Gasteiger partial charge in [0, 0.05) is 12.8 Å². The fourth-order valence-corrected chi connectivity index (χ4v) is 3.49. The van der Waals surface area contributed by atoms with Gasteiger partial charge in [0.1, 0.15) is 6.54 Å². The van der Waals surface area contributed by atoms with Gasteiger partial charge in [-0.1, -0.05) is 23.4 Å². The quantitative estimate of drug-likeness (QED) is 0.747. The van der Waals surface area contributed by atoms with E-state index in [9.17, 15) is 9.59 Å². The number of amides is 2. The average molecular weight is 368 g/mol. The Balaban J connectivity index is 1.37. The third-order valence-corrected chi connectivity index (χ3v) is 4.93. The Morgan fingerprint density at radius 1 is 1.27 bits per heavy atom. The Morgan fingerprint density at radius 3 is 3.00 bits per heavy atom. The summed E-state index contributed by atoms with van der Waals surface area (Å²) in [7, 11) is 0. The van der Waals surface area contributed by atoms with Crippen LogP contribution in [-0.2, 0) is 16.0 Å². The molecule has 2 aromatic heterocycles. The van der Waals surface area contributed by atoms with Crippen LogP contribution in [-0.4, -0.2) is 28.5 Å². The summed E-state index contributed by atoms with van der Waals surface area (Å²) in [5.74, 6) is 0.806. The average Bonchev–Trinajstić information content (AvgIpc) is 3.32. The van der Waals surface area contributed by atoms with E-state index >= 15 is 0 Å². The number of benzene rings is 1. The fraction of sp³-hybridized carbons (Fsp3) is 0.222. The Morgan fingerprint density at radius 2 is 2.15 bits per heavy atom. The molecule has 0 atom stereocenters. The highest BCUT2D eigenvalue weighted by atomic mass is 32.1. The summed E-state index contributed by atoms with van der Waals surface area (Å²) in [6, 6.07) is 11.2. The number of carbonyl (C=O) groups is 2. The van der Waals surface area contributed by atoms with E-state index in [1.54, 1.807) is 17.4 Å². The summed E-state index contributed by atoms with van der Waals surface area (Å²) in [5, 5.41) is 8.69. The van der Waals surface area contributed by atoms with E-state index in [4.69, 9.17) is 4.52 Å². The second-order valence-corrected chi connectivity index (χ2v) is 6.84. The van der Waals surface area contributed by atoms with Crippen LogP contribution in [0.5, 0.6) is 0 Å². The maximum absolute atomic E-state index is 12.6. The number of anilines is 2. The van der Waals surface area contributed by atoms with Crippen LogP contribution in [0.3, 0.4) is 0 Å².